The van der Waals surface area contributed by atoms with Crippen molar-refractivity contribution >= 4 is 16.9 Å². The molecule has 1 atom stereocenters. The van der Waals surface area contributed by atoms with Crippen molar-refractivity contribution in [3.63, 3.8) is 0 Å². The Morgan fingerprint density at radius 1 is 1.23 bits per heavy atom. The topological polar surface area (TPSA) is 88.8 Å². The normalized spacial score (nSPS) is 11.8. The van der Waals surface area contributed by atoms with E-state index in [0.29, 0.717) is 34.6 Å². The van der Waals surface area contributed by atoms with Crippen LogP contribution < -0.4 is 15.7 Å². The molecule has 6 heteroatoms. The zero-order chi connectivity index (χ0) is 21.7. The lowest BCUT2D eigenvalue weighted by atomic mass is 10.0. The zero-order valence-corrected chi connectivity index (χ0v) is 17.1. The highest BCUT2D eigenvalue weighted by Crippen LogP contribution is 2.24. The molecule has 2 N–H and O–H groups in total. The van der Waals surface area contributed by atoms with Gasteiger partial charge in [-0.3, -0.25) is 4.79 Å². The maximum Gasteiger partial charge on any atom is 0.340 e. The van der Waals surface area contributed by atoms with Crippen LogP contribution in [0.4, 0.5) is 0 Å². The van der Waals surface area contributed by atoms with Crippen LogP contribution in [0.2, 0.25) is 0 Å². The third-order valence-electron chi connectivity index (χ3n) is 4.76. The first kappa shape index (κ1) is 21.3. The number of nitrogens with one attached hydrogen (secondary N) is 1. The summed E-state index contributed by atoms with van der Waals surface area (Å²) in [4.78, 5) is 24.8. The van der Waals surface area contributed by atoms with Gasteiger partial charge in [-0.25, -0.2) is 4.79 Å². The van der Waals surface area contributed by atoms with Crippen LogP contribution in [-0.2, 0) is 11.2 Å². The molecule has 6 nitrogen and oxygen atoms in total. The Kier molecular flexibility index (Phi) is 6.69. The zero-order valence-electron chi connectivity index (χ0n) is 17.1. The Hall–Kier alpha value is -3.38. The first-order valence-corrected chi connectivity index (χ1v) is 9.68. The second-order valence-corrected chi connectivity index (χ2v) is 7.30. The fourth-order valence-corrected chi connectivity index (χ4v) is 3.10. The van der Waals surface area contributed by atoms with Gasteiger partial charge in [-0.05, 0) is 42.7 Å². The lowest BCUT2D eigenvalue weighted by molar-refractivity contribution is -0.120. The van der Waals surface area contributed by atoms with Crippen LogP contribution in [0.5, 0.6) is 5.75 Å². The van der Waals surface area contributed by atoms with Crippen LogP contribution >= 0.6 is 0 Å². The molecule has 1 aromatic heterocycles. The fraction of sp³-hybridized carbons (Fsp3) is 0.250. The largest absolute Gasteiger partial charge is 0.489 e. The van der Waals surface area contributed by atoms with Crippen LogP contribution in [0.1, 0.15) is 29.7 Å². The van der Waals surface area contributed by atoms with Gasteiger partial charge in [-0.2, -0.15) is 0 Å². The third-order valence-corrected chi connectivity index (χ3v) is 4.76. The van der Waals surface area contributed by atoms with Crippen LogP contribution in [0, 0.1) is 6.92 Å². The molecule has 156 valence electrons. The molecule has 0 fully saturated rings. The summed E-state index contributed by atoms with van der Waals surface area (Å²) < 4.78 is 11.0. The van der Waals surface area contributed by atoms with Crippen molar-refractivity contribution < 1.29 is 19.1 Å². The van der Waals surface area contributed by atoms with Crippen molar-refractivity contribution in [2.24, 2.45) is 0 Å². The molecule has 0 bridgehead atoms. The summed E-state index contributed by atoms with van der Waals surface area (Å²) in [5.74, 6) is 0.217. The number of amides is 1. The molecule has 30 heavy (non-hydrogen) atoms. The highest BCUT2D eigenvalue weighted by molar-refractivity contribution is 5.85. The van der Waals surface area contributed by atoms with Gasteiger partial charge in [-0.1, -0.05) is 36.9 Å². The summed E-state index contributed by atoms with van der Waals surface area (Å²) in [5, 5.41) is 13.6. The van der Waals surface area contributed by atoms with Crippen molar-refractivity contribution in [3.05, 3.63) is 87.8 Å². The summed E-state index contributed by atoms with van der Waals surface area (Å²) >= 11 is 0. The van der Waals surface area contributed by atoms with Crippen LogP contribution in [0.25, 0.3) is 11.0 Å². The summed E-state index contributed by atoms with van der Waals surface area (Å²) in [5.41, 5.74) is 2.42. The van der Waals surface area contributed by atoms with Gasteiger partial charge in [0.1, 0.15) is 17.9 Å². The molecule has 2 aromatic carbocycles. The standard InChI is InChI=1S/C24H25NO5/c1-15(2)14-29-18-9-10-19-16(3)20(24(28)30-22(19)11-18)12-23(27)25-13-21(26)17-7-5-4-6-8-17/h4-11,21,26H,1,12-14H2,2-3H3,(H,25,27)/t21-/m1/s1. The number of aliphatic hydroxyl groups is 1. The Labute approximate surface area is 174 Å². The van der Waals surface area contributed by atoms with Crippen LogP contribution in [-0.4, -0.2) is 24.2 Å². The lowest BCUT2D eigenvalue weighted by Gasteiger charge is -2.13. The van der Waals surface area contributed by atoms with E-state index in [4.69, 9.17) is 9.15 Å². The molecule has 3 aromatic rings. The smallest absolute Gasteiger partial charge is 0.340 e. The minimum Gasteiger partial charge on any atom is -0.489 e. The van der Waals surface area contributed by atoms with Crippen molar-refractivity contribution in [3.8, 4) is 5.75 Å². The number of aryl methyl sites for hydroxylation is 1. The first-order chi connectivity index (χ1) is 14.3. The average molecular weight is 407 g/mol. The molecule has 0 aliphatic rings. The number of rotatable bonds is 8. The lowest BCUT2D eigenvalue weighted by Crippen LogP contribution is -2.31. The van der Waals surface area contributed by atoms with Gasteiger partial charge in [0.15, 0.2) is 0 Å². The molecule has 0 aliphatic heterocycles. The van der Waals surface area contributed by atoms with E-state index in [9.17, 15) is 14.7 Å². The van der Waals surface area contributed by atoms with Gasteiger partial charge >= 0.3 is 5.63 Å². The number of hydrogen-bond acceptors (Lipinski definition) is 5. The van der Waals surface area contributed by atoms with E-state index in [2.05, 4.69) is 11.9 Å². The highest BCUT2D eigenvalue weighted by atomic mass is 16.5. The second-order valence-electron chi connectivity index (χ2n) is 7.30. The second kappa shape index (κ2) is 9.41. The first-order valence-electron chi connectivity index (χ1n) is 9.68. The van der Waals surface area contributed by atoms with E-state index >= 15 is 0 Å². The number of hydrogen-bond donors (Lipinski definition) is 2. The summed E-state index contributed by atoms with van der Waals surface area (Å²) in [7, 11) is 0. The molecule has 0 aliphatic carbocycles. The van der Waals surface area contributed by atoms with Gasteiger partial charge in [0.25, 0.3) is 0 Å². The predicted molar refractivity (Wildman–Crippen MR) is 116 cm³/mol. The van der Waals surface area contributed by atoms with E-state index < -0.39 is 11.7 Å². The van der Waals surface area contributed by atoms with Crippen LogP contribution in [0.3, 0.4) is 0 Å². The monoisotopic (exact) mass is 407 g/mol. The Morgan fingerprint density at radius 3 is 2.67 bits per heavy atom. The molecule has 0 radical (unpaired) electrons. The molecule has 0 saturated carbocycles. The van der Waals surface area contributed by atoms with E-state index in [1.54, 1.807) is 31.2 Å². The summed E-state index contributed by atoms with van der Waals surface area (Å²) in [6.45, 7) is 7.88. The molecule has 0 unspecified atom stereocenters. The van der Waals surface area contributed by atoms with Crippen molar-refractivity contribution in [1.82, 2.24) is 5.32 Å². The van der Waals surface area contributed by atoms with E-state index in [0.717, 1.165) is 11.0 Å². The summed E-state index contributed by atoms with van der Waals surface area (Å²) in [6, 6.07) is 14.3. The number of carbonyl (C=O) groups excluding carboxylic acids is 1. The van der Waals surface area contributed by atoms with Gasteiger partial charge < -0.3 is 19.6 Å². The molecule has 1 amide bonds. The summed E-state index contributed by atoms with van der Waals surface area (Å²) in [6.07, 6.45) is -0.943. The maximum absolute atomic E-state index is 12.5. The molecule has 3 rings (SSSR count). The third kappa shape index (κ3) is 5.15. The Balaban J connectivity index is 1.72. The number of carbonyl (C=O) groups is 1. The Bertz CT molecular complexity index is 1120. The number of benzene rings is 2. The predicted octanol–water partition coefficient (Wildman–Crippen LogP) is 3.45. The van der Waals surface area contributed by atoms with E-state index in [1.165, 1.54) is 0 Å². The number of aliphatic hydroxyl groups excluding tert-OH is 1. The molecular formula is C24H25NO5. The van der Waals surface area contributed by atoms with Gasteiger partial charge in [-0.15, -0.1) is 0 Å². The minimum absolute atomic E-state index is 0.0597. The minimum atomic E-state index is -0.818. The van der Waals surface area contributed by atoms with Gasteiger partial charge in [0, 0.05) is 18.0 Å². The SMILES string of the molecule is C=C(C)COc1ccc2c(C)c(CC(=O)NC[C@@H](O)c3ccccc3)c(=O)oc2c1. The van der Waals surface area contributed by atoms with E-state index in [-0.39, 0.29) is 18.9 Å². The fourth-order valence-electron chi connectivity index (χ4n) is 3.10. The molecular weight excluding hydrogens is 382 g/mol. The van der Waals surface area contributed by atoms with Crippen molar-refractivity contribution in [2.45, 2.75) is 26.4 Å². The average Bonchev–Trinajstić information content (AvgIpc) is 2.73. The van der Waals surface area contributed by atoms with Crippen LogP contribution in [0.15, 0.2) is 69.9 Å². The molecule has 0 spiro atoms. The molecule has 1 heterocycles. The number of ether oxygens (including phenoxy) is 1. The maximum atomic E-state index is 12.5. The van der Waals surface area contributed by atoms with E-state index in [1.807, 2.05) is 31.2 Å². The quantitative estimate of drug-likeness (QED) is 0.441. The molecule has 0 saturated heterocycles. The highest BCUT2D eigenvalue weighted by Gasteiger charge is 2.16. The van der Waals surface area contributed by atoms with Crippen molar-refractivity contribution in [1.29, 1.82) is 0 Å². The van der Waals surface area contributed by atoms with Crippen molar-refractivity contribution in [2.75, 3.05) is 13.2 Å². The number of fused-ring (bicyclic) bond motifs is 1. The van der Waals surface area contributed by atoms with Gasteiger partial charge in [0.05, 0.1) is 18.1 Å². The van der Waals surface area contributed by atoms with Gasteiger partial charge in [0.2, 0.25) is 5.91 Å². The Morgan fingerprint density at radius 2 is 1.97 bits per heavy atom.